The van der Waals surface area contributed by atoms with Crippen LogP contribution in [0, 0.1) is 11.7 Å². The van der Waals surface area contributed by atoms with Gasteiger partial charge >= 0.3 is 12.1 Å². The van der Waals surface area contributed by atoms with E-state index in [-0.39, 0.29) is 43.9 Å². The molecule has 1 saturated carbocycles. The number of halogens is 1. The predicted molar refractivity (Wildman–Crippen MR) is 170 cm³/mol. The summed E-state index contributed by atoms with van der Waals surface area (Å²) in [6, 6.07) is 2.50. The van der Waals surface area contributed by atoms with E-state index in [2.05, 4.69) is 10.6 Å². The molecule has 254 valence electrons. The van der Waals surface area contributed by atoms with Crippen molar-refractivity contribution in [1.82, 2.24) is 15.1 Å². The highest BCUT2D eigenvalue weighted by Crippen LogP contribution is 2.45. The molecule has 5 atom stereocenters. The summed E-state index contributed by atoms with van der Waals surface area (Å²) >= 11 is 0. The summed E-state index contributed by atoms with van der Waals surface area (Å²) in [6.07, 6.45) is 6.31. The average molecular weight is 664 g/mol. The Bertz CT molecular complexity index is 1770. The van der Waals surface area contributed by atoms with Crippen molar-refractivity contribution in [1.29, 1.82) is 0 Å². The molecular formula is C34H38FN5O8. The van der Waals surface area contributed by atoms with Gasteiger partial charge in [0.2, 0.25) is 11.8 Å². The highest BCUT2D eigenvalue weighted by molar-refractivity contribution is 5.96. The molecule has 7 rings (SSSR count). The minimum Gasteiger partial charge on any atom is -0.479 e. The fourth-order valence-corrected chi connectivity index (χ4v) is 7.40. The quantitative estimate of drug-likeness (QED) is 0.318. The van der Waals surface area contributed by atoms with Gasteiger partial charge in [-0.3, -0.25) is 24.1 Å². The van der Waals surface area contributed by atoms with Crippen molar-refractivity contribution >= 4 is 35.3 Å². The summed E-state index contributed by atoms with van der Waals surface area (Å²) in [7, 11) is 0. The van der Waals surface area contributed by atoms with Crippen LogP contribution in [-0.2, 0) is 32.2 Å². The number of anilines is 2. The minimum absolute atomic E-state index is 0.0172. The summed E-state index contributed by atoms with van der Waals surface area (Å²) < 4.78 is 20.1. The predicted octanol–water partition coefficient (Wildman–Crippen LogP) is 2.01. The van der Waals surface area contributed by atoms with Crippen molar-refractivity contribution in [2.75, 3.05) is 29.9 Å². The third-order valence-electron chi connectivity index (χ3n) is 10.4. The zero-order valence-electron chi connectivity index (χ0n) is 26.4. The molecule has 3 amide bonds. The Balaban J connectivity index is 1.15. The number of amides is 3. The van der Waals surface area contributed by atoms with E-state index in [1.54, 1.807) is 17.0 Å². The second kappa shape index (κ2) is 12.4. The summed E-state index contributed by atoms with van der Waals surface area (Å²) in [6.45, 7) is 1.28. The molecule has 2 aromatic carbocycles. The minimum atomic E-state index is -1.50. The lowest BCUT2D eigenvalue weighted by Gasteiger charge is -2.36. The Labute approximate surface area is 275 Å². The molecule has 0 unspecified atom stereocenters. The molecule has 0 bridgehead atoms. The van der Waals surface area contributed by atoms with Gasteiger partial charge in [0.25, 0.3) is 10.9 Å². The van der Waals surface area contributed by atoms with Crippen LogP contribution in [0.25, 0.3) is 0 Å². The van der Waals surface area contributed by atoms with Gasteiger partial charge in [0.1, 0.15) is 40.9 Å². The number of nitrogens with one attached hydrogen (secondary N) is 2. The van der Waals surface area contributed by atoms with Crippen molar-refractivity contribution in [3.05, 3.63) is 67.7 Å². The fraction of sp³-hybridized carbons (Fsp3) is 0.529. The number of allylic oxidation sites excluding steroid dienone is 1. The van der Waals surface area contributed by atoms with Gasteiger partial charge in [-0.05, 0) is 43.7 Å². The third-order valence-corrected chi connectivity index (χ3v) is 10.4. The molecule has 0 spiro atoms. The summed E-state index contributed by atoms with van der Waals surface area (Å²) in [5, 5.41) is 15.8. The zero-order valence-corrected chi connectivity index (χ0v) is 26.4. The number of carbonyl (C=O) groups excluding carboxylic acids is 3. The first-order valence-electron chi connectivity index (χ1n) is 16.7. The molecule has 14 heteroatoms. The number of fused-ring (bicyclic) bond motifs is 3. The van der Waals surface area contributed by atoms with Crippen molar-refractivity contribution in [2.24, 2.45) is 5.92 Å². The highest BCUT2D eigenvalue weighted by Gasteiger charge is 2.61. The van der Waals surface area contributed by atoms with Gasteiger partial charge in [-0.15, -0.1) is 0 Å². The van der Waals surface area contributed by atoms with Crippen LogP contribution < -0.4 is 26.4 Å². The van der Waals surface area contributed by atoms with Crippen LogP contribution in [0.4, 0.5) is 20.6 Å². The van der Waals surface area contributed by atoms with Crippen LogP contribution in [0.1, 0.15) is 62.5 Å². The van der Waals surface area contributed by atoms with E-state index >= 15 is 0 Å². The second-order valence-electron chi connectivity index (χ2n) is 13.5. The van der Waals surface area contributed by atoms with Gasteiger partial charge in [-0.2, -0.15) is 0 Å². The van der Waals surface area contributed by atoms with Crippen LogP contribution in [0.5, 0.6) is 0 Å². The van der Waals surface area contributed by atoms with E-state index in [0.717, 1.165) is 19.3 Å². The maximum Gasteiger partial charge on any atom is 0.410 e. The SMILES string of the molecule is O=C1N[C@]2(C(=O)O)C[C@H]2C=CCCCCC[C@H](Nc2c(N3CCC3)c(=O)c2=O)C(=O)N2C[C@H](OC(=O)N3Cc4cccc(F)c4C3)C[C@@H]12. The normalized spacial score (nSPS) is 28.8. The number of rotatable bonds is 5. The van der Waals surface area contributed by atoms with E-state index in [0.29, 0.717) is 43.5 Å². The van der Waals surface area contributed by atoms with Crippen molar-refractivity contribution in [3.63, 3.8) is 0 Å². The third kappa shape index (κ3) is 5.60. The lowest BCUT2D eigenvalue weighted by atomic mass is 10.0. The summed E-state index contributed by atoms with van der Waals surface area (Å²) in [5.41, 5.74) is -1.37. The van der Waals surface area contributed by atoms with Gasteiger partial charge < -0.3 is 30.3 Å². The molecule has 0 aromatic heterocycles. The number of hydrogen-bond donors (Lipinski definition) is 3. The van der Waals surface area contributed by atoms with E-state index in [9.17, 15) is 38.3 Å². The smallest absolute Gasteiger partial charge is 0.410 e. The van der Waals surface area contributed by atoms with Crippen LogP contribution in [-0.4, -0.2) is 82.1 Å². The molecule has 1 aliphatic carbocycles. The number of carboxylic acids is 1. The molecule has 2 saturated heterocycles. The highest BCUT2D eigenvalue weighted by atomic mass is 19.1. The Morgan fingerprint density at radius 2 is 1.85 bits per heavy atom. The molecule has 3 N–H and O–H groups in total. The maximum absolute atomic E-state index is 14.3. The molecule has 3 fully saturated rings. The monoisotopic (exact) mass is 663 g/mol. The molecule has 5 aliphatic rings. The lowest BCUT2D eigenvalue weighted by molar-refractivity contribution is -0.145. The van der Waals surface area contributed by atoms with Crippen molar-refractivity contribution in [3.8, 4) is 0 Å². The van der Waals surface area contributed by atoms with E-state index in [4.69, 9.17) is 4.74 Å². The second-order valence-corrected chi connectivity index (χ2v) is 13.5. The van der Waals surface area contributed by atoms with Gasteiger partial charge in [0, 0.05) is 37.5 Å². The van der Waals surface area contributed by atoms with Crippen LogP contribution in [0.3, 0.4) is 0 Å². The number of carboxylic acid groups (broad SMARTS) is 1. The van der Waals surface area contributed by atoms with Crippen molar-refractivity contribution in [2.45, 2.75) is 88.2 Å². The topological polar surface area (TPSA) is 166 Å². The number of nitrogens with zero attached hydrogens (tertiary/aromatic N) is 3. The Kier molecular flexibility index (Phi) is 8.20. The Morgan fingerprint density at radius 1 is 1.04 bits per heavy atom. The maximum atomic E-state index is 14.3. The molecule has 2 aromatic rings. The molecular weight excluding hydrogens is 625 g/mol. The van der Waals surface area contributed by atoms with Crippen LogP contribution in [0.15, 0.2) is 39.9 Å². The first-order valence-corrected chi connectivity index (χ1v) is 16.7. The molecule has 0 radical (unpaired) electrons. The lowest BCUT2D eigenvalue weighted by Crippen LogP contribution is -2.55. The first kappa shape index (κ1) is 31.8. The molecule has 4 heterocycles. The van der Waals surface area contributed by atoms with Crippen LogP contribution >= 0.6 is 0 Å². The standard InChI is InChI=1S/C34H38FN5O8/c35-23-10-6-8-19-16-39(18-22(19)23)33(47)48-21-14-25-30(43)37-34(32(45)46)15-20(34)9-4-2-1-3-5-11-24(31(44)40(25)17-21)36-26-27(29(42)28(26)41)38-12-7-13-38/h4,6,8-10,20-21,24-25,36H,1-3,5,7,11-18H2,(H,37,43)(H,45,46)/t20-,21-,24+,25+,34-/m1/s1. The Morgan fingerprint density at radius 3 is 2.58 bits per heavy atom. The van der Waals surface area contributed by atoms with E-state index in [1.807, 2.05) is 12.2 Å². The molecule has 13 nitrogen and oxygen atoms in total. The number of hydrogen-bond acceptors (Lipinski definition) is 9. The number of carbonyl (C=O) groups is 4. The summed E-state index contributed by atoms with van der Waals surface area (Å²) in [4.78, 5) is 83.4. The molecule has 4 aliphatic heterocycles. The zero-order chi connectivity index (χ0) is 33.7. The number of ether oxygens (including phenoxy) is 1. The van der Waals surface area contributed by atoms with Gasteiger partial charge in [-0.25, -0.2) is 14.0 Å². The van der Waals surface area contributed by atoms with Gasteiger partial charge in [0.15, 0.2) is 0 Å². The number of benzene rings is 1. The Hall–Kier alpha value is -4.75. The molecule has 48 heavy (non-hydrogen) atoms. The first-order chi connectivity index (χ1) is 23.1. The summed E-state index contributed by atoms with van der Waals surface area (Å²) in [5.74, 6) is -3.19. The van der Waals surface area contributed by atoms with Crippen molar-refractivity contribution < 1.29 is 33.4 Å². The largest absolute Gasteiger partial charge is 0.479 e. The van der Waals surface area contributed by atoms with Crippen LogP contribution in [0.2, 0.25) is 0 Å². The van der Waals surface area contributed by atoms with Gasteiger partial charge in [-0.1, -0.05) is 37.1 Å². The average Bonchev–Trinajstić information content (AvgIpc) is 3.34. The number of aliphatic carboxylic acids is 1. The van der Waals surface area contributed by atoms with Gasteiger partial charge in [0.05, 0.1) is 13.1 Å². The van der Waals surface area contributed by atoms with E-state index < -0.39 is 70.2 Å². The van der Waals surface area contributed by atoms with E-state index in [1.165, 1.54) is 15.9 Å². The fourth-order valence-electron chi connectivity index (χ4n) is 7.40.